The van der Waals surface area contributed by atoms with Crippen molar-refractivity contribution in [2.45, 2.75) is 25.8 Å². The number of carbonyl (C=O) groups excluding carboxylic acids is 1. The third-order valence-electron chi connectivity index (χ3n) is 3.51. The summed E-state index contributed by atoms with van der Waals surface area (Å²) >= 11 is 12.0. The van der Waals surface area contributed by atoms with Crippen molar-refractivity contribution >= 4 is 39.9 Å². The quantitative estimate of drug-likeness (QED) is 0.846. The zero-order valence-corrected chi connectivity index (χ0v) is 13.6. The lowest BCUT2D eigenvalue weighted by Crippen LogP contribution is -2.34. The maximum Gasteiger partial charge on any atom is 0.235 e. The number of halogens is 2. The summed E-state index contributed by atoms with van der Waals surface area (Å²) in [7, 11) is -1.07. The van der Waals surface area contributed by atoms with Crippen LogP contribution >= 0.6 is 23.2 Å². The van der Waals surface area contributed by atoms with Crippen molar-refractivity contribution in [2.24, 2.45) is 0 Å². The number of benzene rings is 1. The molecule has 2 atom stereocenters. The number of hydrogen-bond donors (Lipinski definition) is 0. The van der Waals surface area contributed by atoms with Crippen LogP contribution in [0.5, 0.6) is 0 Å². The summed E-state index contributed by atoms with van der Waals surface area (Å²) < 4.78 is 11.5. The van der Waals surface area contributed by atoms with Crippen LogP contribution in [0.4, 0.5) is 0 Å². The molecule has 1 fully saturated rings. The van der Waals surface area contributed by atoms with E-state index in [4.69, 9.17) is 23.2 Å². The van der Waals surface area contributed by atoms with Crippen molar-refractivity contribution in [3.05, 3.63) is 33.8 Å². The molecule has 1 saturated heterocycles. The molecule has 0 radical (unpaired) electrons. The fraction of sp³-hybridized carbons (Fsp3) is 0.500. The van der Waals surface area contributed by atoms with Gasteiger partial charge in [-0.25, -0.2) is 0 Å². The van der Waals surface area contributed by atoms with E-state index in [-0.39, 0.29) is 17.7 Å². The predicted octanol–water partition coefficient (Wildman–Crippen LogP) is 3.43. The smallest absolute Gasteiger partial charge is 0.235 e. The maximum absolute atomic E-state index is 12.2. The lowest BCUT2D eigenvalue weighted by Gasteiger charge is -2.25. The zero-order valence-electron chi connectivity index (χ0n) is 11.3. The SMILES string of the molecule is CC[S@](=O)CC(=O)N1CCC[C@@H]1c1ccc(Cl)c(Cl)c1. The van der Waals surface area contributed by atoms with E-state index < -0.39 is 10.8 Å². The van der Waals surface area contributed by atoms with Gasteiger partial charge in [0.1, 0.15) is 5.75 Å². The fourth-order valence-electron chi connectivity index (χ4n) is 2.45. The number of rotatable bonds is 4. The first kappa shape index (κ1) is 15.8. The third kappa shape index (κ3) is 3.54. The summed E-state index contributed by atoms with van der Waals surface area (Å²) in [5.74, 6) is 0.574. The van der Waals surface area contributed by atoms with E-state index in [1.54, 1.807) is 6.07 Å². The van der Waals surface area contributed by atoms with Crippen LogP contribution in [0.1, 0.15) is 31.4 Å². The van der Waals surface area contributed by atoms with E-state index in [9.17, 15) is 9.00 Å². The molecule has 1 amide bonds. The second-order valence-corrected chi connectivity index (χ2v) is 7.35. The first-order valence-corrected chi connectivity index (χ1v) is 8.86. The van der Waals surface area contributed by atoms with Crippen molar-refractivity contribution in [2.75, 3.05) is 18.1 Å². The molecule has 0 N–H and O–H groups in total. The Bertz CT molecular complexity index is 536. The van der Waals surface area contributed by atoms with Crippen molar-refractivity contribution in [3.63, 3.8) is 0 Å². The Morgan fingerprint density at radius 2 is 2.15 bits per heavy atom. The molecule has 0 bridgehead atoms. The minimum atomic E-state index is -1.07. The molecule has 6 heteroatoms. The summed E-state index contributed by atoms with van der Waals surface area (Å²) in [4.78, 5) is 14.0. The van der Waals surface area contributed by atoms with Crippen molar-refractivity contribution in [1.82, 2.24) is 4.90 Å². The average molecular weight is 334 g/mol. The van der Waals surface area contributed by atoms with Crippen molar-refractivity contribution in [3.8, 4) is 0 Å². The Kier molecular flexibility index (Phi) is 5.47. The van der Waals surface area contributed by atoms with Crippen molar-refractivity contribution < 1.29 is 9.00 Å². The van der Waals surface area contributed by atoms with Crippen LogP contribution in [0.2, 0.25) is 10.0 Å². The predicted molar refractivity (Wildman–Crippen MR) is 83.7 cm³/mol. The Balaban J connectivity index is 2.16. The summed E-state index contributed by atoms with van der Waals surface area (Å²) in [6.45, 7) is 2.54. The highest BCUT2D eigenvalue weighted by Crippen LogP contribution is 2.35. The topological polar surface area (TPSA) is 37.4 Å². The molecule has 0 saturated carbocycles. The maximum atomic E-state index is 12.2. The van der Waals surface area contributed by atoms with E-state index in [2.05, 4.69) is 0 Å². The molecule has 0 aromatic heterocycles. The normalized spacial score (nSPS) is 20.1. The van der Waals surface area contributed by atoms with E-state index in [1.807, 2.05) is 24.0 Å². The van der Waals surface area contributed by atoms with Crippen LogP contribution in [0.25, 0.3) is 0 Å². The van der Waals surface area contributed by atoms with Gasteiger partial charge < -0.3 is 4.90 Å². The zero-order chi connectivity index (χ0) is 14.7. The van der Waals surface area contributed by atoms with Crippen LogP contribution in [0.15, 0.2) is 18.2 Å². The second-order valence-electron chi connectivity index (χ2n) is 4.79. The number of nitrogens with zero attached hydrogens (tertiary/aromatic N) is 1. The molecule has 0 spiro atoms. The molecule has 0 aliphatic carbocycles. The summed E-state index contributed by atoms with van der Waals surface area (Å²) in [6.07, 6.45) is 1.86. The van der Waals surface area contributed by atoms with Gasteiger partial charge >= 0.3 is 0 Å². The van der Waals surface area contributed by atoms with Gasteiger partial charge in [-0.05, 0) is 30.5 Å². The molecule has 1 aromatic carbocycles. The molecule has 0 unspecified atom stereocenters. The van der Waals surface area contributed by atoms with Gasteiger partial charge in [0.15, 0.2) is 0 Å². The van der Waals surface area contributed by atoms with Gasteiger partial charge in [0, 0.05) is 23.1 Å². The number of hydrogen-bond acceptors (Lipinski definition) is 2. The standard InChI is InChI=1S/C14H17Cl2NO2S/c1-2-20(19)9-14(18)17-7-3-4-13(17)10-5-6-11(15)12(16)8-10/h5-6,8,13H,2-4,7,9H2,1H3/t13-,20+/m1/s1. The Hall–Kier alpha value is -0.580. The molecule has 3 nitrogen and oxygen atoms in total. The first-order chi connectivity index (χ1) is 9.52. The van der Waals surface area contributed by atoms with Crippen LogP contribution < -0.4 is 0 Å². The Morgan fingerprint density at radius 3 is 2.80 bits per heavy atom. The van der Waals surface area contributed by atoms with Crippen LogP contribution in [-0.4, -0.2) is 33.1 Å². The summed E-state index contributed by atoms with van der Waals surface area (Å²) in [6, 6.07) is 5.49. The van der Waals surface area contributed by atoms with Crippen LogP contribution in [0, 0.1) is 0 Å². The molecule has 1 aromatic rings. The van der Waals surface area contributed by atoms with Gasteiger partial charge in [0.2, 0.25) is 5.91 Å². The third-order valence-corrected chi connectivity index (χ3v) is 5.46. The van der Waals surface area contributed by atoms with E-state index in [0.717, 1.165) is 18.4 Å². The molecule has 2 rings (SSSR count). The number of amides is 1. The summed E-state index contributed by atoms with van der Waals surface area (Å²) in [5.41, 5.74) is 0.993. The lowest BCUT2D eigenvalue weighted by atomic mass is 10.0. The monoisotopic (exact) mass is 333 g/mol. The van der Waals surface area contributed by atoms with E-state index in [0.29, 0.717) is 22.3 Å². The number of carbonyl (C=O) groups is 1. The molecular weight excluding hydrogens is 317 g/mol. The largest absolute Gasteiger partial charge is 0.335 e. The first-order valence-electron chi connectivity index (χ1n) is 6.62. The van der Waals surface area contributed by atoms with E-state index >= 15 is 0 Å². The molecule has 110 valence electrons. The number of likely N-dealkylation sites (tertiary alicyclic amines) is 1. The average Bonchev–Trinajstić information content (AvgIpc) is 2.91. The minimum Gasteiger partial charge on any atom is -0.335 e. The minimum absolute atomic E-state index is 0.0196. The highest BCUT2D eigenvalue weighted by molar-refractivity contribution is 7.85. The highest BCUT2D eigenvalue weighted by atomic mass is 35.5. The Labute approximate surface area is 131 Å². The van der Waals surface area contributed by atoms with Crippen LogP contribution in [0.3, 0.4) is 0 Å². The van der Waals surface area contributed by atoms with Gasteiger partial charge in [-0.1, -0.05) is 36.2 Å². The van der Waals surface area contributed by atoms with Gasteiger partial charge in [0.25, 0.3) is 0 Å². The van der Waals surface area contributed by atoms with Crippen LogP contribution in [-0.2, 0) is 15.6 Å². The van der Waals surface area contributed by atoms with Gasteiger partial charge in [0.05, 0.1) is 16.1 Å². The molecule has 1 heterocycles. The van der Waals surface area contributed by atoms with Gasteiger partial charge in [-0.15, -0.1) is 0 Å². The lowest BCUT2D eigenvalue weighted by molar-refractivity contribution is -0.129. The molecule has 20 heavy (non-hydrogen) atoms. The Morgan fingerprint density at radius 1 is 1.40 bits per heavy atom. The molecular formula is C14H17Cl2NO2S. The van der Waals surface area contributed by atoms with E-state index in [1.165, 1.54) is 0 Å². The molecule has 1 aliphatic rings. The highest BCUT2D eigenvalue weighted by Gasteiger charge is 2.30. The summed E-state index contributed by atoms with van der Waals surface area (Å²) in [5, 5.41) is 1.01. The van der Waals surface area contributed by atoms with Gasteiger partial charge in [-0.2, -0.15) is 0 Å². The van der Waals surface area contributed by atoms with Gasteiger partial charge in [-0.3, -0.25) is 9.00 Å². The van der Waals surface area contributed by atoms with Crippen molar-refractivity contribution in [1.29, 1.82) is 0 Å². The fourth-order valence-corrected chi connectivity index (χ4v) is 3.41. The molecule has 1 aliphatic heterocycles. The second kappa shape index (κ2) is 6.92.